The van der Waals surface area contributed by atoms with Crippen LogP contribution in [0.5, 0.6) is 5.75 Å². The van der Waals surface area contributed by atoms with E-state index in [1.165, 1.54) is 0 Å². The average molecular weight is 206 g/mol. The molecule has 81 valence electrons. The van der Waals surface area contributed by atoms with Crippen LogP contribution in [0.4, 0.5) is 5.69 Å². The van der Waals surface area contributed by atoms with Gasteiger partial charge in [0.05, 0.1) is 12.2 Å². The van der Waals surface area contributed by atoms with Crippen molar-refractivity contribution in [1.29, 1.82) is 0 Å². The van der Waals surface area contributed by atoms with Crippen LogP contribution in [0, 0.1) is 6.07 Å². The maximum Gasteiger partial charge on any atom is 0.142 e. The number of methoxy groups -OCH3 is 1. The van der Waals surface area contributed by atoms with Gasteiger partial charge < -0.3 is 14.4 Å². The molecular weight excluding hydrogens is 190 g/mol. The highest BCUT2D eigenvalue weighted by Gasteiger charge is 2.16. The SMILES string of the molecule is COCCCN1CCOc2cc[c]cc21. The largest absolute Gasteiger partial charge is 0.490 e. The summed E-state index contributed by atoms with van der Waals surface area (Å²) in [5.41, 5.74) is 1.15. The van der Waals surface area contributed by atoms with Gasteiger partial charge in [0.1, 0.15) is 12.4 Å². The second kappa shape index (κ2) is 5.03. The summed E-state index contributed by atoms with van der Waals surface area (Å²) >= 11 is 0. The van der Waals surface area contributed by atoms with Gasteiger partial charge >= 0.3 is 0 Å². The summed E-state index contributed by atoms with van der Waals surface area (Å²) in [6, 6.07) is 8.93. The van der Waals surface area contributed by atoms with Crippen LogP contribution < -0.4 is 9.64 Å². The number of rotatable bonds is 4. The first-order valence-corrected chi connectivity index (χ1v) is 5.28. The molecular formula is C12H16NO2. The van der Waals surface area contributed by atoms with Crippen LogP contribution >= 0.6 is 0 Å². The molecule has 0 amide bonds. The standard InChI is InChI=1S/C12H16NO2/c1-14-9-4-7-13-8-10-15-12-6-3-2-5-11(12)13/h3,5-6H,4,7-10H2,1H3. The Hall–Kier alpha value is -1.22. The van der Waals surface area contributed by atoms with Gasteiger partial charge in [-0.2, -0.15) is 0 Å². The number of fused-ring (bicyclic) bond motifs is 1. The number of ether oxygens (including phenoxy) is 2. The zero-order chi connectivity index (χ0) is 10.5. The smallest absolute Gasteiger partial charge is 0.142 e. The fourth-order valence-electron chi connectivity index (χ4n) is 1.79. The fourth-order valence-corrected chi connectivity index (χ4v) is 1.79. The first-order valence-electron chi connectivity index (χ1n) is 5.28. The van der Waals surface area contributed by atoms with E-state index >= 15 is 0 Å². The van der Waals surface area contributed by atoms with E-state index in [9.17, 15) is 0 Å². The van der Waals surface area contributed by atoms with Crippen molar-refractivity contribution in [2.45, 2.75) is 6.42 Å². The van der Waals surface area contributed by atoms with E-state index in [1.807, 2.05) is 18.2 Å². The van der Waals surface area contributed by atoms with Gasteiger partial charge in [0.25, 0.3) is 0 Å². The lowest BCUT2D eigenvalue weighted by molar-refractivity contribution is 0.195. The highest BCUT2D eigenvalue weighted by atomic mass is 16.5. The van der Waals surface area contributed by atoms with Gasteiger partial charge in [0.15, 0.2) is 0 Å². The van der Waals surface area contributed by atoms with Crippen LogP contribution in [0.25, 0.3) is 0 Å². The Morgan fingerprint density at radius 3 is 3.40 bits per heavy atom. The van der Waals surface area contributed by atoms with Gasteiger partial charge in [0.2, 0.25) is 0 Å². The van der Waals surface area contributed by atoms with Crippen LogP contribution in [-0.4, -0.2) is 33.4 Å². The molecule has 1 heterocycles. The maximum atomic E-state index is 5.57. The van der Waals surface area contributed by atoms with E-state index in [0.29, 0.717) is 0 Å². The first-order chi connectivity index (χ1) is 7.42. The zero-order valence-electron chi connectivity index (χ0n) is 9.03. The summed E-state index contributed by atoms with van der Waals surface area (Å²) in [6.45, 7) is 3.55. The molecule has 1 aliphatic rings. The molecule has 0 N–H and O–H groups in total. The van der Waals surface area contributed by atoms with Crippen molar-refractivity contribution in [3.8, 4) is 5.75 Å². The third-order valence-corrected chi connectivity index (χ3v) is 2.54. The van der Waals surface area contributed by atoms with Crippen LogP contribution in [0.15, 0.2) is 18.2 Å². The number of anilines is 1. The van der Waals surface area contributed by atoms with Crippen molar-refractivity contribution in [3.05, 3.63) is 24.3 Å². The fraction of sp³-hybridized carbons (Fsp3) is 0.500. The summed E-state index contributed by atoms with van der Waals surface area (Å²) in [5.74, 6) is 0.970. The average Bonchev–Trinajstić information content (AvgIpc) is 2.30. The lowest BCUT2D eigenvalue weighted by atomic mass is 10.2. The predicted molar refractivity (Wildman–Crippen MR) is 59.5 cm³/mol. The summed E-state index contributed by atoms with van der Waals surface area (Å²) in [6.07, 6.45) is 1.05. The van der Waals surface area contributed by atoms with Crippen molar-refractivity contribution >= 4 is 5.69 Å². The minimum absolute atomic E-state index is 0.768. The monoisotopic (exact) mass is 206 g/mol. The van der Waals surface area contributed by atoms with Crippen LogP contribution in [-0.2, 0) is 4.74 Å². The van der Waals surface area contributed by atoms with Gasteiger partial charge in [-0.1, -0.05) is 6.07 Å². The van der Waals surface area contributed by atoms with E-state index in [2.05, 4.69) is 11.0 Å². The van der Waals surface area contributed by atoms with E-state index in [1.54, 1.807) is 7.11 Å². The van der Waals surface area contributed by atoms with E-state index < -0.39 is 0 Å². The third kappa shape index (κ3) is 2.42. The summed E-state index contributed by atoms with van der Waals surface area (Å²) < 4.78 is 10.6. The Bertz CT molecular complexity index is 314. The molecule has 3 nitrogen and oxygen atoms in total. The molecule has 0 saturated heterocycles. The molecule has 0 bridgehead atoms. The van der Waals surface area contributed by atoms with Crippen LogP contribution in [0.1, 0.15) is 6.42 Å². The molecule has 1 radical (unpaired) electrons. The molecule has 1 aliphatic heterocycles. The van der Waals surface area contributed by atoms with E-state index in [0.717, 1.165) is 44.2 Å². The Morgan fingerprint density at radius 2 is 2.53 bits per heavy atom. The molecule has 0 unspecified atom stereocenters. The second-order valence-corrected chi connectivity index (χ2v) is 3.58. The Kier molecular flexibility index (Phi) is 3.45. The zero-order valence-corrected chi connectivity index (χ0v) is 9.03. The lowest BCUT2D eigenvalue weighted by Gasteiger charge is -2.31. The number of hydrogen-bond acceptors (Lipinski definition) is 3. The van der Waals surface area contributed by atoms with Gasteiger partial charge in [0, 0.05) is 20.3 Å². The highest BCUT2D eigenvalue weighted by molar-refractivity contribution is 5.59. The molecule has 3 heteroatoms. The molecule has 0 saturated carbocycles. The van der Waals surface area contributed by atoms with E-state index in [-0.39, 0.29) is 0 Å². The molecule has 15 heavy (non-hydrogen) atoms. The topological polar surface area (TPSA) is 21.7 Å². The molecule has 0 spiro atoms. The number of benzene rings is 1. The number of hydrogen-bond donors (Lipinski definition) is 0. The van der Waals surface area contributed by atoms with Crippen molar-refractivity contribution in [2.24, 2.45) is 0 Å². The van der Waals surface area contributed by atoms with Crippen molar-refractivity contribution in [1.82, 2.24) is 0 Å². The van der Waals surface area contributed by atoms with Crippen LogP contribution in [0.3, 0.4) is 0 Å². The third-order valence-electron chi connectivity index (χ3n) is 2.54. The lowest BCUT2D eigenvalue weighted by Crippen LogP contribution is -2.33. The first kappa shape index (κ1) is 10.3. The highest BCUT2D eigenvalue weighted by Crippen LogP contribution is 2.30. The normalized spacial score (nSPS) is 14.6. The van der Waals surface area contributed by atoms with Gasteiger partial charge in [-0.3, -0.25) is 0 Å². The van der Waals surface area contributed by atoms with Gasteiger partial charge in [-0.05, 0) is 24.6 Å². The Labute approximate surface area is 90.6 Å². The molecule has 0 aliphatic carbocycles. The second-order valence-electron chi connectivity index (χ2n) is 3.58. The quantitative estimate of drug-likeness (QED) is 0.700. The van der Waals surface area contributed by atoms with Gasteiger partial charge in [-0.15, -0.1) is 0 Å². The molecule has 0 aromatic heterocycles. The summed E-state index contributed by atoms with van der Waals surface area (Å²) in [5, 5.41) is 0. The number of nitrogens with zero attached hydrogens (tertiary/aromatic N) is 1. The van der Waals surface area contributed by atoms with Gasteiger partial charge in [-0.25, -0.2) is 0 Å². The minimum Gasteiger partial charge on any atom is -0.490 e. The molecule has 1 aromatic rings. The predicted octanol–water partition coefficient (Wildman–Crippen LogP) is 1.72. The Morgan fingerprint density at radius 1 is 1.60 bits per heavy atom. The molecule has 0 fully saturated rings. The van der Waals surface area contributed by atoms with Crippen molar-refractivity contribution < 1.29 is 9.47 Å². The minimum atomic E-state index is 0.768. The molecule has 1 aromatic carbocycles. The van der Waals surface area contributed by atoms with Crippen LogP contribution in [0.2, 0.25) is 0 Å². The van der Waals surface area contributed by atoms with E-state index in [4.69, 9.17) is 9.47 Å². The van der Waals surface area contributed by atoms with Crippen molar-refractivity contribution in [3.63, 3.8) is 0 Å². The summed E-state index contributed by atoms with van der Waals surface area (Å²) in [7, 11) is 1.74. The molecule has 0 atom stereocenters. The molecule has 2 rings (SSSR count). The Balaban J connectivity index is 2.02. The maximum absolute atomic E-state index is 5.57. The van der Waals surface area contributed by atoms with Crippen molar-refractivity contribution in [2.75, 3.05) is 38.3 Å². The summed E-state index contributed by atoms with van der Waals surface area (Å²) in [4.78, 5) is 2.33.